The van der Waals surface area contributed by atoms with Gasteiger partial charge in [0, 0.05) is 5.41 Å². The van der Waals surface area contributed by atoms with Gasteiger partial charge in [-0.05, 0) is 37.3 Å². The zero-order valence-corrected chi connectivity index (χ0v) is 13.5. The molecule has 2 aromatic rings. The summed E-state index contributed by atoms with van der Waals surface area (Å²) in [4.78, 5) is 8.32. The summed E-state index contributed by atoms with van der Waals surface area (Å²) >= 11 is 12.2. The van der Waals surface area contributed by atoms with Crippen molar-refractivity contribution in [2.24, 2.45) is 5.92 Å². The van der Waals surface area contributed by atoms with Crippen molar-refractivity contribution in [3.8, 4) is 0 Å². The second-order valence-corrected chi connectivity index (χ2v) is 7.27. The Morgan fingerprint density at radius 3 is 2.50 bits per heavy atom. The van der Waals surface area contributed by atoms with Crippen LogP contribution >= 0.6 is 23.2 Å². The van der Waals surface area contributed by atoms with Gasteiger partial charge in [-0.25, -0.2) is 4.98 Å². The van der Waals surface area contributed by atoms with Gasteiger partial charge in [0.15, 0.2) is 0 Å². The Labute approximate surface area is 129 Å². The lowest BCUT2D eigenvalue weighted by molar-refractivity contribution is 0.332. The van der Waals surface area contributed by atoms with Crippen LogP contribution in [0.2, 0.25) is 10.0 Å². The quantitative estimate of drug-likeness (QED) is 0.770. The summed E-state index contributed by atoms with van der Waals surface area (Å²) in [6, 6.07) is 3.74. The van der Waals surface area contributed by atoms with E-state index in [0.717, 1.165) is 16.9 Å². The maximum absolute atomic E-state index is 6.10. The molecule has 0 amide bonds. The molecule has 2 nitrogen and oxygen atoms in total. The van der Waals surface area contributed by atoms with Gasteiger partial charge < -0.3 is 4.98 Å². The van der Waals surface area contributed by atoms with E-state index in [0.29, 0.717) is 16.0 Å². The van der Waals surface area contributed by atoms with Gasteiger partial charge in [0.1, 0.15) is 5.82 Å². The Hall–Kier alpha value is -0.730. The third kappa shape index (κ3) is 2.44. The van der Waals surface area contributed by atoms with E-state index >= 15 is 0 Å². The molecule has 0 aliphatic heterocycles. The largest absolute Gasteiger partial charge is 0.341 e. The first-order valence-electron chi connectivity index (χ1n) is 7.35. The lowest BCUT2D eigenvalue weighted by Gasteiger charge is -2.28. The molecule has 1 fully saturated rings. The molecule has 0 saturated heterocycles. The topological polar surface area (TPSA) is 28.7 Å². The third-order valence-electron chi connectivity index (χ3n) is 4.39. The first-order valence-corrected chi connectivity index (χ1v) is 8.11. The second-order valence-electron chi connectivity index (χ2n) is 6.45. The van der Waals surface area contributed by atoms with Crippen LogP contribution in [0.25, 0.3) is 11.0 Å². The molecule has 1 aromatic heterocycles. The summed E-state index contributed by atoms with van der Waals surface area (Å²) in [6.07, 6.45) is 6.24. The van der Waals surface area contributed by atoms with E-state index in [4.69, 9.17) is 28.2 Å². The number of hydrogen-bond acceptors (Lipinski definition) is 1. The fraction of sp³-hybridized carbons (Fsp3) is 0.562. The predicted molar refractivity (Wildman–Crippen MR) is 85.7 cm³/mol. The molecule has 0 unspecified atom stereocenters. The van der Waals surface area contributed by atoms with E-state index in [1.54, 1.807) is 0 Å². The Balaban J connectivity index is 2.07. The normalized spacial score (nSPS) is 18.2. The average molecular weight is 311 g/mol. The molecule has 1 saturated carbocycles. The van der Waals surface area contributed by atoms with Gasteiger partial charge in [0.25, 0.3) is 0 Å². The van der Waals surface area contributed by atoms with Gasteiger partial charge in [-0.2, -0.15) is 0 Å². The standard InChI is InChI=1S/C16H20Cl2N2/c1-10(2)9-16(5-3-4-6-16)15-19-13-7-11(17)12(18)8-14(13)20-15/h7-8,10H,3-6,9H2,1-2H3,(H,19,20). The number of aromatic amines is 1. The molecule has 3 rings (SSSR count). The molecule has 0 spiro atoms. The van der Waals surface area contributed by atoms with Crippen molar-refractivity contribution in [1.29, 1.82) is 0 Å². The molecule has 0 bridgehead atoms. The highest BCUT2D eigenvalue weighted by Crippen LogP contribution is 2.45. The van der Waals surface area contributed by atoms with Crippen LogP contribution in [-0.4, -0.2) is 9.97 Å². The Morgan fingerprint density at radius 2 is 1.85 bits per heavy atom. The van der Waals surface area contributed by atoms with Crippen LogP contribution in [0.15, 0.2) is 12.1 Å². The van der Waals surface area contributed by atoms with Crippen LogP contribution in [0.4, 0.5) is 0 Å². The number of halogens is 2. The molecule has 108 valence electrons. The monoisotopic (exact) mass is 310 g/mol. The van der Waals surface area contributed by atoms with E-state index in [-0.39, 0.29) is 5.41 Å². The van der Waals surface area contributed by atoms with Crippen molar-refractivity contribution >= 4 is 34.2 Å². The van der Waals surface area contributed by atoms with Crippen LogP contribution in [0.3, 0.4) is 0 Å². The molecule has 1 aliphatic rings. The molecule has 1 heterocycles. The zero-order chi connectivity index (χ0) is 14.3. The minimum Gasteiger partial charge on any atom is -0.341 e. The average Bonchev–Trinajstić information content (AvgIpc) is 2.97. The zero-order valence-electron chi connectivity index (χ0n) is 12.0. The molecule has 1 aliphatic carbocycles. The van der Waals surface area contributed by atoms with Crippen LogP contribution in [0, 0.1) is 5.92 Å². The van der Waals surface area contributed by atoms with Crippen molar-refractivity contribution in [2.75, 3.05) is 0 Å². The summed E-state index contributed by atoms with van der Waals surface area (Å²) < 4.78 is 0. The number of H-pyrrole nitrogens is 1. The smallest absolute Gasteiger partial charge is 0.113 e. The van der Waals surface area contributed by atoms with E-state index in [1.165, 1.54) is 32.1 Å². The van der Waals surface area contributed by atoms with Crippen molar-refractivity contribution in [2.45, 2.75) is 51.4 Å². The SMILES string of the molecule is CC(C)CC1(c2nc3cc(Cl)c(Cl)cc3[nH]2)CCCC1. The number of rotatable bonds is 3. The predicted octanol–water partition coefficient (Wildman–Crippen LogP) is 5.73. The van der Waals surface area contributed by atoms with Crippen LogP contribution in [-0.2, 0) is 5.41 Å². The van der Waals surface area contributed by atoms with Crippen molar-refractivity contribution < 1.29 is 0 Å². The van der Waals surface area contributed by atoms with Crippen LogP contribution < -0.4 is 0 Å². The number of fused-ring (bicyclic) bond motifs is 1. The first-order chi connectivity index (χ1) is 9.50. The van der Waals surface area contributed by atoms with Gasteiger partial charge in [-0.15, -0.1) is 0 Å². The lowest BCUT2D eigenvalue weighted by atomic mass is 9.78. The summed E-state index contributed by atoms with van der Waals surface area (Å²) in [5, 5.41) is 1.15. The Kier molecular flexibility index (Phi) is 3.72. The number of benzene rings is 1. The maximum Gasteiger partial charge on any atom is 0.113 e. The van der Waals surface area contributed by atoms with E-state index in [9.17, 15) is 0 Å². The summed E-state index contributed by atoms with van der Waals surface area (Å²) in [5.41, 5.74) is 2.13. The Bertz CT molecular complexity index is 586. The van der Waals surface area contributed by atoms with Crippen molar-refractivity contribution in [3.63, 3.8) is 0 Å². The molecular weight excluding hydrogens is 291 g/mol. The van der Waals surface area contributed by atoms with E-state index in [1.807, 2.05) is 12.1 Å². The highest BCUT2D eigenvalue weighted by atomic mass is 35.5. The van der Waals surface area contributed by atoms with Crippen molar-refractivity contribution in [1.82, 2.24) is 9.97 Å². The van der Waals surface area contributed by atoms with Crippen LogP contribution in [0.5, 0.6) is 0 Å². The molecule has 1 N–H and O–H groups in total. The second kappa shape index (κ2) is 5.23. The third-order valence-corrected chi connectivity index (χ3v) is 5.11. The molecule has 1 aromatic carbocycles. The minimum atomic E-state index is 0.214. The molecule has 0 atom stereocenters. The molecule has 0 radical (unpaired) electrons. The van der Waals surface area contributed by atoms with Crippen LogP contribution in [0.1, 0.15) is 51.8 Å². The maximum atomic E-state index is 6.10. The summed E-state index contributed by atoms with van der Waals surface area (Å²) in [6.45, 7) is 4.58. The molecule has 20 heavy (non-hydrogen) atoms. The van der Waals surface area contributed by atoms with Gasteiger partial charge in [-0.1, -0.05) is 49.9 Å². The Morgan fingerprint density at radius 1 is 1.20 bits per heavy atom. The number of nitrogens with one attached hydrogen (secondary N) is 1. The minimum absolute atomic E-state index is 0.214. The highest BCUT2D eigenvalue weighted by molar-refractivity contribution is 6.42. The first kappa shape index (κ1) is 14.2. The number of aromatic nitrogens is 2. The molecular formula is C16H20Cl2N2. The van der Waals surface area contributed by atoms with E-state index in [2.05, 4.69) is 18.8 Å². The van der Waals surface area contributed by atoms with Gasteiger partial charge in [0.05, 0.1) is 21.1 Å². The highest BCUT2D eigenvalue weighted by Gasteiger charge is 2.38. The summed E-state index contributed by atoms with van der Waals surface area (Å²) in [7, 11) is 0. The lowest BCUT2D eigenvalue weighted by Crippen LogP contribution is -2.25. The number of nitrogens with zero attached hydrogens (tertiary/aromatic N) is 1. The van der Waals surface area contributed by atoms with Gasteiger partial charge in [-0.3, -0.25) is 0 Å². The summed E-state index contributed by atoms with van der Waals surface area (Å²) in [5.74, 6) is 1.80. The fourth-order valence-electron chi connectivity index (χ4n) is 3.63. The van der Waals surface area contributed by atoms with Gasteiger partial charge in [0.2, 0.25) is 0 Å². The van der Waals surface area contributed by atoms with E-state index < -0.39 is 0 Å². The number of imidazole rings is 1. The number of hydrogen-bond donors (Lipinski definition) is 1. The van der Waals surface area contributed by atoms with Gasteiger partial charge >= 0.3 is 0 Å². The fourth-order valence-corrected chi connectivity index (χ4v) is 3.95. The molecule has 4 heteroatoms. The van der Waals surface area contributed by atoms with Crippen molar-refractivity contribution in [3.05, 3.63) is 28.0 Å².